The fraction of sp³-hybridized carbons (Fsp3) is 0.250. The molecule has 0 spiro atoms. The number of phenols is 1. The smallest absolute Gasteiger partial charge is 0.219 e. The van der Waals surface area contributed by atoms with E-state index in [9.17, 15) is 14.3 Å². The number of aromatic nitrogens is 2. The molecule has 3 aromatic rings. The minimum Gasteiger partial charge on any atom is -0.507 e. The highest BCUT2D eigenvalue weighted by Crippen LogP contribution is 2.41. The first-order valence-electron chi connectivity index (χ1n) is 9.21. The fourth-order valence-electron chi connectivity index (χ4n) is 3.66. The summed E-state index contributed by atoms with van der Waals surface area (Å²) >= 11 is 6.33. The number of halogens is 3. The molecule has 0 atom stereocenters. The van der Waals surface area contributed by atoms with E-state index in [1.807, 2.05) is 4.90 Å². The number of carbonyl (C=O) groups excluding carboxylic acids is 1. The Labute approximate surface area is 177 Å². The predicted molar refractivity (Wildman–Crippen MR) is 111 cm³/mol. The Morgan fingerprint density at radius 2 is 1.87 bits per heavy atom. The van der Waals surface area contributed by atoms with Gasteiger partial charge in [0.2, 0.25) is 5.91 Å². The van der Waals surface area contributed by atoms with E-state index in [1.54, 1.807) is 4.90 Å². The molecule has 1 saturated heterocycles. The summed E-state index contributed by atoms with van der Waals surface area (Å²) in [6.07, 6.45) is 0. The Kier molecular flexibility index (Phi) is 5.23. The summed E-state index contributed by atoms with van der Waals surface area (Å²) in [6, 6.07) is 5.09. The van der Waals surface area contributed by atoms with Crippen LogP contribution < -0.4 is 10.6 Å². The molecule has 0 aliphatic carbocycles. The lowest BCUT2D eigenvalue weighted by atomic mass is 10.00. The number of rotatable bonds is 2. The van der Waals surface area contributed by atoms with Crippen LogP contribution in [-0.4, -0.2) is 59.9 Å². The average Bonchev–Trinajstić information content (AvgIpc) is 2.70. The number of phenolic OH excluding ortho intramolecular Hbond substituents is 1. The molecule has 1 amide bonds. The molecule has 30 heavy (non-hydrogen) atoms. The van der Waals surface area contributed by atoms with Crippen molar-refractivity contribution in [1.29, 1.82) is 0 Å². The van der Waals surface area contributed by atoms with Gasteiger partial charge >= 0.3 is 0 Å². The molecular weight excluding hydrogens is 413 g/mol. The minimum atomic E-state index is -0.907. The molecule has 2 heterocycles. The van der Waals surface area contributed by atoms with E-state index >= 15 is 4.39 Å². The zero-order valence-electron chi connectivity index (χ0n) is 16.0. The first-order valence-corrected chi connectivity index (χ1v) is 9.59. The summed E-state index contributed by atoms with van der Waals surface area (Å²) in [6.45, 7) is 3.42. The van der Waals surface area contributed by atoms with Crippen LogP contribution in [0.15, 0.2) is 24.3 Å². The number of carbonyl (C=O) groups is 1. The van der Waals surface area contributed by atoms with Gasteiger partial charge in [-0.1, -0.05) is 17.7 Å². The van der Waals surface area contributed by atoms with E-state index in [-0.39, 0.29) is 33.3 Å². The van der Waals surface area contributed by atoms with Crippen LogP contribution in [-0.2, 0) is 4.79 Å². The third-order valence-corrected chi connectivity index (χ3v) is 5.44. The summed E-state index contributed by atoms with van der Waals surface area (Å²) < 4.78 is 29.9. The van der Waals surface area contributed by atoms with Crippen molar-refractivity contribution in [2.75, 3.05) is 31.1 Å². The molecule has 0 bridgehead atoms. The van der Waals surface area contributed by atoms with Crippen molar-refractivity contribution >= 4 is 47.8 Å². The topological polar surface area (TPSA) is 69.6 Å². The molecule has 0 saturated carbocycles. The molecule has 1 N–H and O–H groups in total. The third kappa shape index (κ3) is 3.43. The molecule has 1 aromatic heterocycles. The van der Waals surface area contributed by atoms with Crippen LogP contribution in [0.2, 0.25) is 5.02 Å². The van der Waals surface area contributed by atoms with Crippen molar-refractivity contribution in [3.8, 4) is 16.9 Å². The number of nitrogens with zero attached hydrogens (tertiary/aromatic N) is 4. The number of benzene rings is 2. The maximum atomic E-state index is 15.5. The molecule has 1 aliphatic rings. The van der Waals surface area contributed by atoms with Crippen LogP contribution in [0.5, 0.6) is 5.75 Å². The van der Waals surface area contributed by atoms with Gasteiger partial charge in [-0.3, -0.25) is 4.79 Å². The normalized spacial score (nSPS) is 14.4. The van der Waals surface area contributed by atoms with Crippen molar-refractivity contribution in [3.63, 3.8) is 0 Å². The maximum absolute atomic E-state index is 15.5. The van der Waals surface area contributed by atoms with Gasteiger partial charge in [-0.05, 0) is 18.2 Å². The van der Waals surface area contributed by atoms with Gasteiger partial charge in [0, 0.05) is 44.1 Å². The Morgan fingerprint density at radius 1 is 1.17 bits per heavy atom. The van der Waals surface area contributed by atoms with Gasteiger partial charge in [0.25, 0.3) is 0 Å². The first kappa shape index (κ1) is 20.3. The summed E-state index contributed by atoms with van der Waals surface area (Å²) in [4.78, 5) is 23.4. The number of hydrogen-bond donors (Lipinski definition) is 1. The van der Waals surface area contributed by atoms with Gasteiger partial charge in [-0.2, -0.15) is 0 Å². The van der Waals surface area contributed by atoms with Crippen molar-refractivity contribution < 1.29 is 18.7 Å². The largest absolute Gasteiger partial charge is 0.507 e. The highest BCUT2D eigenvalue weighted by atomic mass is 35.5. The standard InChI is InChI=1S/C20H16BClF2N4O2/c1-10(29)27-5-7-28(8-6-27)19-11-9-12(22)15(16-13(23)3-2-4-14(16)30)17(24)18(11)25-20(21)26-19/h2-4,9,30H,5-8H2,1H3. The molecule has 1 aliphatic heterocycles. The van der Waals surface area contributed by atoms with E-state index in [4.69, 9.17) is 19.4 Å². The van der Waals surface area contributed by atoms with Gasteiger partial charge < -0.3 is 14.9 Å². The summed E-state index contributed by atoms with van der Waals surface area (Å²) in [5.41, 5.74) is -0.939. The van der Waals surface area contributed by atoms with Crippen molar-refractivity contribution in [3.05, 3.63) is 40.9 Å². The minimum absolute atomic E-state index is 0.0230. The van der Waals surface area contributed by atoms with Gasteiger partial charge in [0.15, 0.2) is 13.7 Å². The van der Waals surface area contributed by atoms with Crippen LogP contribution in [0.3, 0.4) is 0 Å². The van der Waals surface area contributed by atoms with Gasteiger partial charge in [0.05, 0.1) is 16.3 Å². The lowest BCUT2D eigenvalue weighted by molar-refractivity contribution is -0.129. The number of aromatic hydroxyl groups is 1. The molecule has 4 rings (SSSR count). The van der Waals surface area contributed by atoms with Crippen LogP contribution >= 0.6 is 11.6 Å². The van der Waals surface area contributed by atoms with E-state index in [0.29, 0.717) is 37.4 Å². The van der Waals surface area contributed by atoms with Crippen LogP contribution in [0.1, 0.15) is 6.92 Å². The Bertz CT molecular complexity index is 1150. The number of amides is 1. The van der Waals surface area contributed by atoms with Crippen molar-refractivity contribution in [1.82, 2.24) is 14.9 Å². The average molecular weight is 429 g/mol. The summed E-state index contributed by atoms with van der Waals surface area (Å²) in [5, 5.41) is 10.3. The fourth-order valence-corrected chi connectivity index (χ4v) is 3.95. The maximum Gasteiger partial charge on any atom is 0.219 e. The molecule has 2 radical (unpaired) electrons. The van der Waals surface area contributed by atoms with Gasteiger partial charge in [0.1, 0.15) is 22.9 Å². The number of piperazine rings is 1. The first-order chi connectivity index (χ1) is 14.3. The predicted octanol–water partition coefficient (Wildman–Crippen LogP) is 2.40. The molecule has 152 valence electrons. The molecule has 6 nitrogen and oxygen atoms in total. The molecule has 1 fully saturated rings. The Hall–Kier alpha value is -2.94. The van der Waals surface area contributed by atoms with Crippen LogP contribution in [0.25, 0.3) is 22.0 Å². The van der Waals surface area contributed by atoms with Gasteiger partial charge in [-0.25, -0.2) is 18.7 Å². The van der Waals surface area contributed by atoms with Crippen molar-refractivity contribution in [2.24, 2.45) is 0 Å². The zero-order valence-corrected chi connectivity index (χ0v) is 16.7. The van der Waals surface area contributed by atoms with Crippen molar-refractivity contribution in [2.45, 2.75) is 6.92 Å². The number of fused-ring (bicyclic) bond motifs is 1. The Balaban J connectivity index is 1.87. The summed E-state index contributed by atoms with van der Waals surface area (Å²) in [7, 11) is 5.83. The molecular formula is C20H16BClF2N4O2. The number of hydrogen-bond acceptors (Lipinski definition) is 5. The highest BCUT2D eigenvalue weighted by Gasteiger charge is 2.26. The second kappa shape index (κ2) is 7.72. The highest BCUT2D eigenvalue weighted by molar-refractivity contribution is 6.35. The van der Waals surface area contributed by atoms with Crippen LogP contribution in [0.4, 0.5) is 14.6 Å². The monoisotopic (exact) mass is 428 g/mol. The van der Waals surface area contributed by atoms with E-state index in [1.165, 1.54) is 25.1 Å². The lowest BCUT2D eigenvalue weighted by Gasteiger charge is -2.35. The SMILES string of the molecule is [B]c1nc(N2CCN(C(C)=O)CC2)c2cc(Cl)c(-c3c(O)cccc3F)c(F)c2n1. The molecule has 0 unspecified atom stereocenters. The molecule has 10 heteroatoms. The quantitative estimate of drug-likeness (QED) is 0.635. The van der Waals surface area contributed by atoms with Crippen LogP contribution in [0, 0.1) is 11.6 Å². The lowest BCUT2D eigenvalue weighted by Crippen LogP contribution is -2.48. The molecule has 2 aromatic carbocycles. The van der Waals surface area contributed by atoms with E-state index in [0.717, 1.165) is 6.07 Å². The van der Waals surface area contributed by atoms with E-state index < -0.39 is 17.4 Å². The Morgan fingerprint density at radius 3 is 2.50 bits per heavy atom. The third-order valence-electron chi connectivity index (χ3n) is 5.15. The summed E-state index contributed by atoms with van der Waals surface area (Å²) in [5.74, 6) is -1.82. The second-order valence-corrected chi connectivity index (χ2v) is 7.38. The second-order valence-electron chi connectivity index (χ2n) is 6.98. The number of anilines is 1. The van der Waals surface area contributed by atoms with Gasteiger partial charge in [-0.15, -0.1) is 0 Å². The van der Waals surface area contributed by atoms with E-state index in [2.05, 4.69) is 9.97 Å². The zero-order chi connectivity index (χ0) is 21.6.